The van der Waals surface area contributed by atoms with Crippen LogP contribution in [0.4, 0.5) is 0 Å². The number of amides is 3. The Kier molecular flexibility index (Phi) is 4.59. The van der Waals surface area contributed by atoms with E-state index in [4.69, 9.17) is 4.74 Å². The number of likely N-dealkylation sites (tertiary alicyclic amines) is 2. The molecule has 0 aliphatic carbocycles. The van der Waals surface area contributed by atoms with Gasteiger partial charge in [-0.2, -0.15) is 0 Å². The number of carbonyl (C=O) groups is 3. The molecule has 2 fully saturated rings. The van der Waals surface area contributed by atoms with Gasteiger partial charge in [0.25, 0.3) is 0 Å². The molecule has 1 N–H and O–H groups in total. The van der Waals surface area contributed by atoms with E-state index in [1.54, 1.807) is 24.0 Å². The molecular formula is C13H21N3O4. The summed E-state index contributed by atoms with van der Waals surface area (Å²) in [6, 6.07) is 0.0589. The van der Waals surface area contributed by atoms with Gasteiger partial charge in [0, 0.05) is 40.2 Å². The molecule has 0 aromatic rings. The normalized spacial score (nSPS) is 22.9. The first-order valence-electron chi connectivity index (χ1n) is 6.84. The number of rotatable bonds is 5. The van der Waals surface area contributed by atoms with Crippen molar-refractivity contribution in [2.24, 2.45) is 5.92 Å². The van der Waals surface area contributed by atoms with E-state index in [-0.39, 0.29) is 36.1 Å². The molecular weight excluding hydrogens is 262 g/mol. The van der Waals surface area contributed by atoms with Gasteiger partial charge in [-0.15, -0.1) is 0 Å². The van der Waals surface area contributed by atoms with Crippen molar-refractivity contribution in [3.05, 3.63) is 0 Å². The molecule has 1 unspecified atom stereocenters. The van der Waals surface area contributed by atoms with E-state index < -0.39 is 0 Å². The molecule has 20 heavy (non-hydrogen) atoms. The fourth-order valence-corrected chi connectivity index (χ4v) is 2.67. The Morgan fingerprint density at radius 3 is 2.65 bits per heavy atom. The molecule has 7 nitrogen and oxygen atoms in total. The number of nitrogens with zero attached hydrogens (tertiary/aromatic N) is 2. The van der Waals surface area contributed by atoms with Crippen LogP contribution in [0.1, 0.15) is 12.8 Å². The van der Waals surface area contributed by atoms with E-state index in [2.05, 4.69) is 5.32 Å². The van der Waals surface area contributed by atoms with Gasteiger partial charge in [-0.3, -0.25) is 14.4 Å². The lowest BCUT2D eigenvalue weighted by Gasteiger charge is -2.44. The van der Waals surface area contributed by atoms with E-state index in [1.165, 1.54) is 0 Å². The Hall–Kier alpha value is -1.63. The first-order valence-corrected chi connectivity index (χ1v) is 6.84. The van der Waals surface area contributed by atoms with Crippen LogP contribution in [-0.4, -0.2) is 74.0 Å². The predicted molar refractivity (Wildman–Crippen MR) is 70.7 cm³/mol. The summed E-state index contributed by atoms with van der Waals surface area (Å²) in [5.41, 5.74) is 0. The number of methoxy groups -OCH3 is 1. The summed E-state index contributed by atoms with van der Waals surface area (Å²) in [5.74, 6) is -0.288. The van der Waals surface area contributed by atoms with Crippen LogP contribution >= 0.6 is 0 Å². The van der Waals surface area contributed by atoms with Gasteiger partial charge in [-0.25, -0.2) is 0 Å². The summed E-state index contributed by atoms with van der Waals surface area (Å²) in [6.45, 7) is 2.01. The van der Waals surface area contributed by atoms with Crippen molar-refractivity contribution in [3.8, 4) is 0 Å². The third-order valence-corrected chi connectivity index (χ3v) is 3.95. The molecule has 2 saturated heterocycles. The molecule has 112 valence electrons. The standard InChI is InChI=1S/C13H21N3O4/c1-14-13(19)9-5-12(18)16(6-9)10-7-15(8-10)11(17)3-4-20-2/h9-10H,3-8H2,1-2H3,(H,14,19). The van der Waals surface area contributed by atoms with Crippen molar-refractivity contribution >= 4 is 17.7 Å². The number of carbonyl (C=O) groups excluding carboxylic acids is 3. The second kappa shape index (κ2) is 6.21. The quantitative estimate of drug-likeness (QED) is 0.689. The number of ether oxygens (including phenoxy) is 1. The van der Waals surface area contributed by atoms with Gasteiger partial charge in [-0.1, -0.05) is 0 Å². The first-order chi connectivity index (χ1) is 9.56. The van der Waals surface area contributed by atoms with Crippen LogP contribution in [-0.2, 0) is 19.1 Å². The third-order valence-electron chi connectivity index (χ3n) is 3.95. The molecule has 0 spiro atoms. The van der Waals surface area contributed by atoms with Crippen LogP contribution in [0, 0.1) is 5.92 Å². The van der Waals surface area contributed by atoms with E-state index in [1.807, 2.05) is 0 Å². The van der Waals surface area contributed by atoms with Crippen LogP contribution in [0.2, 0.25) is 0 Å². The lowest BCUT2D eigenvalue weighted by molar-refractivity contribution is -0.144. The number of hydrogen-bond acceptors (Lipinski definition) is 4. The zero-order valence-corrected chi connectivity index (χ0v) is 11.9. The van der Waals surface area contributed by atoms with E-state index in [0.29, 0.717) is 32.7 Å². The van der Waals surface area contributed by atoms with E-state index >= 15 is 0 Å². The third kappa shape index (κ3) is 2.92. The molecule has 0 aromatic carbocycles. The highest BCUT2D eigenvalue weighted by Gasteiger charge is 2.42. The van der Waals surface area contributed by atoms with Crippen molar-refractivity contribution in [1.82, 2.24) is 15.1 Å². The van der Waals surface area contributed by atoms with Crippen molar-refractivity contribution in [3.63, 3.8) is 0 Å². The molecule has 2 aliphatic heterocycles. The minimum atomic E-state index is -0.259. The second-order valence-corrected chi connectivity index (χ2v) is 5.26. The fraction of sp³-hybridized carbons (Fsp3) is 0.769. The van der Waals surface area contributed by atoms with Gasteiger partial charge >= 0.3 is 0 Å². The smallest absolute Gasteiger partial charge is 0.225 e. The summed E-state index contributed by atoms with van der Waals surface area (Å²) in [7, 11) is 3.14. The second-order valence-electron chi connectivity index (χ2n) is 5.26. The molecule has 2 heterocycles. The lowest BCUT2D eigenvalue weighted by Crippen LogP contribution is -2.61. The molecule has 0 saturated carbocycles. The lowest BCUT2D eigenvalue weighted by atomic mass is 10.1. The summed E-state index contributed by atoms with van der Waals surface area (Å²) in [6.07, 6.45) is 0.645. The molecule has 2 rings (SSSR count). The first kappa shape index (κ1) is 14.8. The zero-order valence-electron chi connectivity index (χ0n) is 11.9. The Bertz CT molecular complexity index is 406. The maximum atomic E-state index is 11.9. The van der Waals surface area contributed by atoms with Crippen LogP contribution in [0.15, 0.2) is 0 Å². The van der Waals surface area contributed by atoms with Crippen LogP contribution in [0.3, 0.4) is 0 Å². The van der Waals surface area contributed by atoms with Crippen LogP contribution < -0.4 is 5.32 Å². The zero-order chi connectivity index (χ0) is 14.7. The molecule has 0 bridgehead atoms. The predicted octanol–water partition coefficient (Wildman–Crippen LogP) is -1.17. The Morgan fingerprint density at radius 2 is 2.05 bits per heavy atom. The maximum absolute atomic E-state index is 11.9. The van der Waals surface area contributed by atoms with Crippen molar-refractivity contribution in [2.75, 3.05) is 40.4 Å². The van der Waals surface area contributed by atoms with Crippen molar-refractivity contribution < 1.29 is 19.1 Å². The van der Waals surface area contributed by atoms with Crippen molar-refractivity contribution in [1.29, 1.82) is 0 Å². The molecule has 2 aliphatic rings. The monoisotopic (exact) mass is 283 g/mol. The Balaban J connectivity index is 1.80. The minimum Gasteiger partial charge on any atom is -0.384 e. The molecule has 0 aromatic heterocycles. The van der Waals surface area contributed by atoms with Gasteiger partial charge in [-0.05, 0) is 0 Å². The van der Waals surface area contributed by atoms with Gasteiger partial charge in [0.15, 0.2) is 0 Å². The van der Waals surface area contributed by atoms with Gasteiger partial charge in [0.2, 0.25) is 17.7 Å². The Morgan fingerprint density at radius 1 is 1.35 bits per heavy atom. The van der Waals surface area contributed by atoms with Gasteiger partial charge < -0.3 is 19.9 Å². The largest absolute Gasteiger partial charge is 0.384 e. The van der Waals surface area contributed by atoms with Gasteiger partial charge in [0.1, 0.15) is 0 Å². The highest BCUT2D eigenvalue weighted by atomic mass is 16.5. The fourth-order valence-electron chi connectivity index (χ4n) is 2.67. The van der Waals surface area contributed by atoms with Crippen molar-refractivity contribution in [2.45, 2.75) is 18.9 Å². The summed E-state index contributed by atoms with van der Waals surface area (Å²) in [4.78, 5) is 38.7. The molecule has 1 atom stereocenters. The Labute approximate surface area is 118 Å². The molecule has 3 amide bonds. The highest BCUT2D eigenvalue weighted by Crippen LogP contribution is 2.25. The van der Waals surface area contributed by atoms with Crippen LogP contribution in [0.25, 0.3) is 0 Å². The SMILES string of the molecule is CNC(=O)C1CC(=O)N(C2CN(C(=O)CCOC)C2)C1. The molecule has 7 heteroatoms. The van der Waals surface area contributed by atoms with Crippen LogP contribution in [0.5, 0.6) is 0 Å². The van der Waals surface area contributed by atoms with E-state index in [0.717, 1.165) is 0 Å². The summed E-state index contributed by atoms with van der Waals surface area (Å²) in [5, 5.41) is 2.58. The molecule has 0 radical (unpaired) electrons. The number of hydrogen-bond donors (Lipinski definition) is 1. The minimum absolute atomic E-state index is 0.00703. The average Bonchev–Trinajstić information content (AvgIpc) is 2.76. The summed E-state index contributed by atoms with van der Waals surface area (Å²) < 4.78 is 4.87. The highest BCUT2D eigenvalue weighted by molar-refractivity contribution is 5.89. The summed E-state index contributed by atoms with van der Waals surface area (Å²) >= 11 is 0. The van der Waals surface area contributed by atoms with Gasteiger partial charge in [0.05, 0.1) is 25.0 Å². The topological polar surface area (TPSA) is 79.0 Å². The average molecular weight is 283 g/mol. The van der Waals surface area contributed by atoms with E-state index in [9.17, 15) is 14.4 Å². The number of nitrogens with one attached hydrogen (secondary N) is 1. The maximum Gasteiger partial charge on any atom is 0.225 e.